The third-order valence-electron chi connectivity index (χ3n) is 3.28. The summed E-state index contributed by atoms with van der Waals surface area (Å²) in [5, 5.41) is 7.01. The lowest BCUT2D eigenvalue weighted by atomic mass is 9.75. The Morgan fingerprint density at radius 2 is 2.35 bits per heavy atom. The molecule has 1 aromatic heterocycles. The Hall–Kier alpha value is -1.36. The van der Waals surface area contributed by atoms with Crippen molar-refractivity contribution >= 4 is 11.6 Å². The first-order valence-electron chi connectivity index (χ1n) is 6.11. The van der Waals surface area contributed by atoms with Gasteiger partial charge in [0.05, 0.1) is 11.9 Å². The number of nitrogens with two attached hydrogens (primary N) is 1. The van der Waals surface area contributed by atoms with Crippen LogP contribution in [-0.2, 0) is 4.79 Å². The molecule has 1 aliphatic carbocycles. The molecule has 5 nitrogen and oxygen atoms in total. The number of hydrogen-bond acceptors (Lipinski definition) is 3. The molecule has 0 bridgehead atoms. The van der Waals surface area contributed by atoms with Gasteiger partial charge in [-0.05, 0) is 33.1 Å². The Balaban J connectivity index is 1.89. The Morgan fingerprint density at radius 3 is 2.82 bits per heavy atom. The second kappa shape index (κ2) is 4.49. The molecule has 94 valence electrons. The molecule has 1 amide bonds. The fourth-order valence-corrected chi connectivity index (χ4v) is 2.02. The van der Waals surface area contributed by atoms with Crippen molar-refractivity contribution in [1.29, 1.82) is 0 Å². The summed E-state index contributed by atoms with van der Waals surface area (Å²) in [5.41, 5.74) is 6.51. The molecule has 1 aromatic rings. The quantitative estimate of drug-likeness (QED) is 0.835. The Bertz CT molecular complexity index is 406. The predicted molar refractivity (Wildman–Crippen MR) is 66.6 cm³/mol. The minimum Gasteiger partial charge on any atom is -0.325 e. The summed E-state index contributed by atoms with van der Waals surface area (Å²) in [6.45, 7) is 4.09. The molecular formula is C12H20N4O. The van der Waals surface area contributed by atoms with Gasteiger partial charge in [0.25, 0.3) is 0 Å². The van der Waals surface area contributed by atoms with Gasteiger partial charge in [0, 0.05) is 24.2 Å². The zero-order valence-corrected chi connectivity index (χ0v) is 10.4. The van der Waals surface area contributed by atoms with Gasteiger partial charge in [-0.25, -0.2) is 0 Å². The number of amides is 1. The molecule has 2 rings (SSSR count). The highest BCUT2D eigenvalue weighted by Crippen LogP contribution is 2.32. The number of nitrogens with zero attached hydrogens (tertiary/aromatic N) is 2. The summed E-state index contributed by atoms with van der Waals surface area (Å²) in [4.78, 5) is 11.8. The topological polar surface area (TPSA) is 72.9 Å². The smallest absolute Gasteiger partial charge is 0.226 e. The van der Waals surface area contributed by atoms with Gasteiger partial charge in [-0.1, -0.05) is 0 Å². The number of aromatic nitrogens is 2. The van der Waals surface area contributed by atoms with Crippen molar-refractivity contribution in [3.63, 3.8) is 0 Å². The average molecular weight is 236 g/mol. The lowest BCUT2D eigenvalue weighted by Gasteiger charge is -2.37. The minimum absolute atomic E-state index is 0.0180. The van der Waals surface area contributed by atoms with Crippen LogP contribution >= 0.6 is 0 Å². The highest BCUT2D eigenvalue weighted by molar-refractivity contribution is 5.91. The first-order chi connectivity index (χ1) is 7.98. The number of hydrogen-bond donors (Lipinski definition) is 2. The normalized spacial score (nSPS) is 17.9. The van der Waals surface area contributed by atoms with E-state index in [1.54, 1.807) is 6.20 Å². The van der Waals surface area contributed by atoms with E-state index in [4.69, 9.17) is 5.73 Å². The zero-order chi connectivity index (χ0) is 12.5. The van der Waals surface area contributed by atoms with Crippen LogP contribution < -0.4 is 11.1 Å². The molecule has 0 radical (unpaired) electrons. The third-order valence-corrected chi connectivity index (χ3v) is 3.28. The van der Waals surface area contributed by atoms with Crippen molar-refractivity contribution in [3.05, 3.63) is 12.4 Å². The molecule has 0 spiro atoms. The number of rotatable bonds is 4. The summed E-state index contributed by atoms with van der Waals surface area (Å²) in [7, 11) is 0. The second-order valence-corrected chi connectivity index (χ2v) is 5.24. The summed E-state index contributed by atoms with van der Waals surface area (Å²) >= 11 is 0. The van der Waals surface area contributed by atoms with E-state index < -0.39 is 0 Å². The van der Waals surface area contributed by atoms with Crippen molar-refractivity contribution < 1.29 is 4.79 Å². The zero-order valence-electron chi connectivity index (χ0n) is 10.4. The standard InChI is InChI=1S/C12H20N4O/c1-9(2)16-8-10(7-14-16)15-11(17)6-12(13)4-3-5-12/h7-9H,3-6,13H2,1-2H3,(H,15,17). The molecular weight excluding hydrogens is 216 g/mol. The minimum atomic E-state index is -0.266. The first kappa shape index (κ1) is 12.1. The summed E-state index contributed by atoms with van der Waals surface area (Å²) in [5.74, 6) is -0.0180. The fourth-order valence-electron chi connectivity index (χ4n) is 2.02. The van der Waals surface area contributed by atoms with Crippen LogP contribution in [0.25, 0.3) is 0 Å². The highest BCUT2D eigenvalue weighted by Gasteiger charge is 2.34. The van der Waals surface area contributed by atoms with Crippen LogP contribution in [0.5, 0.6) is 0 Å². The molecule has 0 aliphatic heterocycles. The first-order valence-corrected chi connectivity index (χ1v) is 6.11. The SMILES string of the molecule is CC(C)n1cc(NC(=O)CC2(N)CCC2)cn1. The van der Waals surface area contributed by atoms with Gasteiger partial charge in [-0.2, -0.15) is 5.10 Å². The molecule has 5 heteroatoms. The van der Waals surface area contributed by atoms with E-state index in [9.17, 15) is 4.79 Å². The van der Waals surface area contributed by atoms with Gasteiger partial charge in [0.1, 0.15) is 0 Å². The van der Waals surface area contributed by atoms with Gasteiger partial charge >= 0.3 is 0 Å². The highest BCUT2D eigenvalue weighted by atomic mass is 16.1. The van der Waals surface area contributed by atoms with Crippen molar-refractivity contribution in [1.82, 2.24) is 9.78 Å². The van der Waals surface area contributed by atoms with E-state index in [1.165, 1.54) is 0 Å². The van der Waals surface area contributed by atoms with Crippen molar-refractivity contribution in [2.45, 2.75) is 51.1 Å². The predicted octanol–water partition coefficient (Wildman–Crippen LogP) is 1.67. The molecule has 3 N–H and O–H groups in total. The summed E-state index contributed by atoms with van der Waals surface area (Å²) in [6.07, 6.45) is 6.95. The van der Waals surface area contributed by atoms with Gasteiger partial charge in [0.15, 0.2) is 0 Å². The Kier molecular flexibility index (Phi) is 3.19. The number of carbonyl (C=O) groups is 1. The van der Waals surface area contributed by atoms with Gasteiger partial charge in [-0.3, -0.25) is 9.48 Å². The molecule has 0 unspecified atom stereocenters. The van der Waals surface area contributed by atoms with E-state index in [1.807, 2.05) is 24.7 Å². The lowest BCUT2D eigenvalue weighted by Crippen LogP contribution is -2.48. The molecule has 0 saturated heterocycles. The van der Waals surface area contributed by atoms with Gasteiger partial charge in [0.2, 0.25) is 5.91 Å². The monoisotopic (exact) mass is 236 g/mol. The Morgan fingerprint density at radius 1 is 1.65 bits per heavy atom. The number of anilines is 1. The molecule has 1 fully saturated rings. The van der Waals surface area contributed by atoms with Crippen molar-refractivity contribution in [2.75, 3.05) is 5.32 Å². The van der Waals surface area contributed by atoms with Crippen LogP contribution in [0.3, 0.4) is 0 Å². The molecule has 17 heavy (non-hydrogen) atoms. The maximum absolute atomic E-state index is 11.8. The van der Waals surface area contributed by atoms with E-state index >= 15 is 0 Å². The number of carbonyl (C=O) groups excluding carboxylic acids is 1. The lowest BCUT2D eigenvalue weighted by molar-refractivity contribution is -0.118. The van der Waals surface area contributed by atoms with Crippen LogP contribution in [0.1, 0.15) is 45.6 Å². The maximum atomic E-state index is 11.8. The molecule has 0 atom stereocenters. The van der Waals surface area contributed by atoms with E-state index in [0.717, 1.165) is 24.9 Å². The van der Waals surface area contributed by atoms with Gasteiger partial charge < -0.3 is 11.1 Å². The van der Waals surface area contributed by atoms with Crippen molar-refractivity contribution in [2.24, 2.45) is 5.73 Å². The second-order valence-electron chi connectivity index (χ2n) is 5.24. The molecule has 1 saturated carbocycles. The molecule has 1 aliphatic rings. The summed E-state index contributed by atoms with van der Waals surface area (Å²) in [6, 6.07) is 0.299. The number of nitrogens with one attached hydrogen (secondary N) is 1. The maximum Gasteiger partial charge on any atom is 0.226 e. The fraction of sp³-hybridized carbons (Fsp3) is 0.667. The van der Waals surface area contributed by atoms with Crippen LogP contribution in [-0.4, -0.2) is 21.2 Å². The van der Waals surface area contributed by atoms with Crippen LogP contribution in [0.2, 0.25) is 0 Å². The van der Waals surface area contributed by atoms with Gasteiger partial charge in [-0.15, -0.1) is 0 Å². The average Bonchev–Trinajstić information content (AvgIpc) is 2.63. The Labute approximate surface area is 101 Å². The molecule has 1 heterocycles. The van der Waals surface area contributed by atoms with E-state index in [0.29, 0.717) is 12.5 Å². The third kappa shape index (κ3) is 2.85. The summed E-state index contributed by atoms with van der Waals surface area (Å²) < 4.78 is 1.82. The van der Waals surface area contributed by atoms with Crippen LogP contribution in [0.15, 0.2) is 12.4 Å². The van der Waals surface area contributed by atoms with Crippen LogP contribution in [0.4, 0.5) is 5.69 Å². The largest absolute Gasteiger partial charge is 0.325 e. The van der Waals surface area contributed by atoms with Crippen LogP contribution in [0, 0.1) is 0 Å². The van der Waals surface area contributed by atoms with E-state index in [-0.39, 0.29) is 11.4 Å². The van der Waals surface area contributed by atoms with E-state index in [2.05, 4.69) is 10.4 Å². The molecule has 0 aromatic carbocycles. The van der Waals surface area contributed by atoms with Crippen molar-refractivity contribution in [3.8, 4) is 0 Å².